The Hall–Kier alpha value is -1.16. The van der Waals surface area contributed by atoms with Gasteiger partial charge in [0, 0.05) is 28.4 Å². The molecule has 1 aliphatic carbocycles. The molecule has 104 valence electrons. The molecule has 1 saturated carbocycles. The van der Waals surface area contributed by atoms with Gasteiger partial charge in [0.2, 0.25) is 0 Å². The highest BCUT2D eigenvalue weighted by molar-refractivity contribution is 8.00. The van der Waals surface area contributed by atoms with Crippen LogP contribution in [0.4, 0.5) is 5.69 Å². The monoisotopic (exact) mass is 278 g/mol. The third-order valence-electron chi connectivity index (χ3n) is 3.68. The van der Waals surface area contributed by atoms with Crippen molar-refractivity contribution in [2.45, 2.75) is 42.8 Å². The number of rotatable bonds is 3. The first-order chi connectivity index (χ1) is 9.10. The molecule has 0 saturated heterocycles. The predicted octanol–water partition coefficient (Wildman–Crippen LogP) is 3.30. The lowest BCUT2D eigenvalue weighted by Gasteiger charge is -2.26. The average molecular weight is 278 g/mol. The molecule has 0 heterocycles. The fourth-order valence-corrected chi connectivity index (χ4v) is 4.05. The maximum absolute atomic E-state index is 11.7. The van der Waals surface area contributed by atoms with Gasteiger partial charge in [0.15, 0.2) is 0 Å². The van der Waals surface area contributed by atoms with Gasteiger partial charge in [-0.3, -0.25) is 4.79 Å². The van der Waals surface area contributed by atoms with Crippen molar-refractivity contribution in [2.75, 3.05) is 12.8 Å². The molecule has 1 fully saturated rings. The van der Waals surface area contributed by atoms with Gasteiger partial charge < -0.3 is 11.1 Å². The summed E-state index contributed by atoms with van der Waals surface area (Å²) in [4.78, 5) is 12.7. The van der Waals surface area contributed by atoms with Crippen LogP contribution in [0.25, 0.3) is 0 Å². The standard InChI is InChI=1S/C15H22N2OS/c1-10-4-3-5-12(8-10)19-14-9-11(15(18)17-2)6-7-13(14)16/h6-7,9-10,12H,3-5,8,16H2,1-2H3,(H,17,18). The Morgan fingerprint density at radius 2 is 2.21 bits per heavy atom. The first-order valence-corrected chi connectivity index (χ1v) is 7.76. The quantitative estimate of drug-likeness (QED) is 0.834. The van der Waals surface area contributed by atoms with Crippen LogP contribution in [0, 0.1) is 5.92 Å². The van der Waals surface area contributed by atoms with Crippen molar-refractivity contribution in [1.82, 2.24) is 5.32 Å². The molecule has 0 radical (unpaired) electrons. The van der Waals surface area contributed by atoms with E-state index in [-0.39, 0.29) is 5.91 Å². The second-order valence-electron chi connectivity index (χ2n) is 5.34. The summed E-state index contributed by atoms with van der Waals surface area (Å²) in [6.45, 7) is 2.32. The van der Waals surface area contributed by atoms with Crippen LogP contribution in [-0.4, -0.2) is 18.2 Å². The van der Waals surface area contributed by atoms with Crippen LogP contribution in [-0.2, 0) is 0 Å². The van der Waals surface area contributed by atoms with Gasteiger partial charge in [0.25, 0.3) is 5.91 Å². The van der Waals surface area contributed by atoms with Crippen LogP contribution in [0.5, 0.6) is 0 Å². The molecule has 2 unspecified atom stereocenters. The lowest BCUT2D eigenvalue weighted by atomic mass is 9.91. The molecule has 2 rings (SSSR count). The second-order valence-corrected chi connectivity index (χ2v) is 6.69. The minimum absolute atomic E-state index is 0.0566. The van der Waals surface area contributed by atoms with Gasteiger partial charge >= 0.3 is 0 Å². The number of carbonyl (C=O) groups is 1. The molecule has 1 amide bonds. The topological polar surface area (TPSA) is 55.1 Å². The Morgan fingerprint density at radius 1 is 1.42 bits per heavy atom. The summed E-state index contributed by atoms with van der Waals surface area (Å²) < 4.78 is 0. The zero-order valence-electron chi connectivity index (χ0n) is 11.6. The van der Waals surface area contributed by atoms with Crippen molar-refractivity contribution in [1.29, 1.82) is 0 Å². The summed E-state index contributed by atoms with van der Waals surface area (Å²) in [6.07, 6.45) is 5.13. The van der Waals surface area contributed by atoms with Crippen LogP contribution in [0.15, 0.2) is 23.1 Å². The highest BCUT2D eigenvalue weighted by Gasteiger charge is 2.21. The molecule has 3 nitrogen and oxygen atoms in total. The summed E-state index contributed by atoms with van der Waals surface area (Å²) in [5.41, 5.74) is 7.49. The smallest absolute Gasteiger partial charge is 0.251 e. The normalized spacial score (nSPS) is 23.1. The van der Waals surface area contributed by atoms with E-state index in [1.807, 2.05) is 23.9 Å². The van der Waals surface area contributed by atoms with Crippen LogP contribution < -0.4 is 11.1 Å². The minimum atomic E-state index is -0.0566. The molecule has 19 heavy (non-hydrogen) atoms. The van der Waals surface area contributed by atoms with Crippen molar-refractivity contribution >= 4 is 23.4 Å². The number of nitrogen functional groups attached to an aromatic ring is 1. The van der Waals surface area contributed by atoms with Crippen LogP contribution in [0.3, 0.4) is 0 Å². The number of nitrogens with one attached hydrogen (secondary N) is 1. The number of anilines is 1. The predicted molar refractivity (Wildman–Crippen MR) is 81.5 cm³/mol. The number of amides is 1. The van der Waals surface area contributed by atoms with E-state index in [0.717, 1.165) is 16.5 Å². The number of thioether (sulfide) groups is 1. The Bertz CT molecular complexity index is 461. The molecule has 1 aromatic carbocycles. The van der Waals surface area contributed by atoms with Gasteiger partial charge in [-0.1, -0.05) is 19.8 Å². The third kappa shape index (κ3) is 3.66. The van der Waals surface area contributed by atoms with E-state index in [1.165, 1.54) is 25.7 Å². The minimum Gasteiger partial charge on any atom is -0.398 e. The maximum Gasteiger partial charge on any atom is 0.251 e. The molecule has 0 aliphatic heterocycles. The first-order valence-electron chi connectivity index (χ1n) is 6.88. The fourth-order valence-electron chi connectivity index (χ4n) is 2.59. The molecular formula is C15H22N2OS. The Morgan fingerprint density at radius 3 is 2.89 bits per heavy atom. The Labute approximate surface area is 119 Å². The Balaban J connectivity index is 2.12. The molecule has 4 heteroatoms. The average Bonchev–Trinajstić information content (AvgIpc) is 2.40. The number of hydrogen-bond acceptors (Lipinski definition) is 3. The van der Waals surface area contributed by atoms with Crippen molar-refractivity contribution < 1.29 is 4.79 Å². The van der Waals surface area contributed by atoms with E-state index >= 15 is 0 Å². The van der Waals surface area contributed by atoms with Crippen LogP contribution >= 0.6 is 11.8 Å². The zero-order chi connectivity index (χ0) is 13.8. The molecule has 2 atom stereocenters. The number of benzene rings is 1. The van der Waals surface area contributed by atoms with E-state index in [9.17, 15) is 4.79 Å². The number of nitrogens with two attached hydrogens (primary N) is 1. The van der Waals surface area contributed by atoms with E-state index in [2.05, 4.69) is 12.2 Å². The molecule has 0 aromatic heterocycles. The van der Waals surface area contributed by atoms with E-state index < -0.39 is 0 Å². The van der Waals surface area contributed by atoms with Gasteiger partial charge in [-0.25, -0.2) is 0 Å². The molecule has 1 aromatic rings. The van der Waals surface area contributed by atoms with Gasteiger partial charge in [-0.05, 0) is 37.0 Å². The van der Waals surface area contributed by atoms with E-state index in [1.54, 1.807) is 13.1 Å². The summed E-state index contributed by atoms with van der Waals surface area (Å²) in [6, 6.07) is 5.53. The molecule has 0 spiro atoms. The molecular weight excluding hydrogens is 256 g/mol. The number of carbonyl (C=O) groups excluding carboxylic acids is 1. The zero-order valence-corrected chi connectivity index (χ0v) is 12.4. The van der Waals surface area contributed by atoms with Crippen molar-refractivity contribution in [3.05, 3.63) is 23.8 Å². The molecule has 3 N–H and O–H groups in total. The van der Waals surface area contributed by atoms with Crippen LogP contribution in [0.1, 0.15) is 43.0 Å². The van der Waals surface area contributed by atoms with Gasteiger partial charge in [0.05, 0.1) is 0 Å². The Kier molecular flexibility index (Phi) is 4.75. The third-order valence-corrected chi connectivity index (χ3v) is 5.05. The summed E-state index contributed by atoms with van der Waals surface area (Å²) in [5.74, 6) is 0.744. The fraction of sp³-hybridized carbons (Fsp3) is 0.533. The molecule has 0 bridgehead atoms. The summed E-state index contributed by atoms with van der Waals surface area (Å²) in [5, 5.41) is 3.28. The van der Waals surface area contributed by atoms with Crippen molar-refractivity contribution in [2.24, 2.45) is 5.92 Å². The van der Waals surface area contributed by atoms with Crippen LogP contribution in [0.2, 0.25) is 0 Å². The summed E-state index contributed by atoms with van der Waals surface area (Å²) >= 11 is 1.83. The first kappa shape index (κ1) is 14.3. The largest absolute Gasteiger partial charge is 0.398 e. The van der Waals surface area contributed by atoms with E-state index in [0.29, 0.717) is 10.8 Å². The second kappa shape index (κ2) is 6.33. The van der Waals surface area contributed by atoms with Crippen molar-refractivity contribution in [3.63, 3.8) is 0 Å². The SMILES string of the molecule is CNC(=O)c1ccc(N)c(SC2CCCC(C)C2)c1. The van der Waals surface area contributed by atoms with Crippen molar-refractivity contribution in [3.8, 4) is 0 Å². The van der Waals surface area contributed by atoms with Gasteiger partial charge in [0.1, 0.15) is 0 Å². The van der Waals surface area contributed by atoms with Gasteiger partial charge in [-0.15, -0.1) is 11.8 Å². The number of hydrogen-bond donors (Lipinski definition) is 2. The highest BCUT2D eigenvalue weighted by Crippen LogP contribution is 2.38. The molecule has 1 aliphatic rings. The highest BCUT2D eigenvalue weighted by atomic mass is 32.2. The lowest BCUT2D eigenvalue weighted by molar-refractivity contribution is 0.0963. The van der Waals surface area contributed by atoms with Gasteiger partial charge in [-0.2, -0.15) is 0 Å². The summed E-state index contributed by atoms with van der Waals surface area (Å²) in [7, 11) is 1.65. The lowest BCUT2D eigenvalue weighted by Crippen LogP contribution is -2.18. The van der Waals surface area contributed by atoms with E-state index in [4.69, 9.17) is 5.73 Å². The maximum atomic E-state index is 11.7.